The normalized spacial score (nSPS) is 19.3. The van der Waals surface area contributed by atoms with Gasteiger partial charge in [0.25, 0.3) is 15.9 Å². The third-order valence-corrected chi connectivity index (χ3v) is 9.64. The molecule has 3 aromatic rings. The van der Waals surface area contributed by atoms with E-state index in [1.807, 2.05) is 0 Å². The van der Waals surface area contributed by atoms with Gasteiger partial charge in [0.05, 0.1) is 12.2 Å². The summed E-state index contributed by atoms with van der Waals surface area (Å²) in [7, 11) is -4.23. The van der Waals surface area contributed by atoms with Gasteiger partial charge in [-0.05, 0) is 89.3 Å². The Morgan fingerprint density at radius 2 is 2.00 bits per heavy atom. The molecule has 222 valence electrons. The average Bonchev–Trinajstić information content (AvgIpc) is 3.21. The van der Waals surface area contributed by atoms with Crippen LogP contribution in [0.2, 0.25) is 5.15 Å². The second-order valence-electron chi connectivity index (χ2n) is 12.3. The number of amides is 1. The van der Waals surface area contributed by atoms with Crippen molar-refractivity contribution in [2.75, 3.05) is 13.2 Å². The topological polar surface area (TPSA) is 133 Å². The Labute approximate surface area is 246 Å². The maximum absolute atomic E-state index is 13.1. The summed E-state index contributed by atoms with van der Waals surface area (Å²) in [6.07, 6.45) is 9.84. The Morgan fingerprint density at radius 1 is 1.22 bits per heavy atom. The molecule has 0 spiro atoms. The van der Waals surface area contributed by atoms with Gasteiger partial charge >= 0.3 is 0 Å². The number of nitrogens with one attached hydrogen (secondary N) is 2. The van der Waals surface area contributed by atoms with Crippen molar-refractivity contribution < 1.29 is 17.9 Å². The summed E-state index contributed by atoms with van der Waals surface area (Å²) in [6, 6.07) is 4.68. The maximum Gasteiger partial charge on any atom is 0.283 e. The predicted molar refractivity (Wildman–Crippen MR) is 155 cm³/mol. The van der Waals surface area contributed by atoms with Crippen LogP contribution in [-0.2, 0) is 16.6 Å². The summed E-state index contributed by atoms with van der Waals surface area (Å²) in [5.74, 6) is 0.537. The van der Waals surface area contributed by atoms with Crippen LogP contribution in [0.4, 0.5) is 0 Å². The molecule has 1 amide bonds. The third-order valence-electron chi connectivity index (χ3n) is 7.99. The molecule has 3 aromatic heterocycles. The minimum Gasteiger partial charge on any atom is -0.477 e. The molecule has 1 aliphatic carbocycles. The zero-order chi connectivity index (χ0) is 29.4. The highest BCUT2D eigenvalue weighted by Gasteiger charge is 2.36. The fraction of sp³-hybridized carbons (Fsp3) is 0.571. The number of nitrogens with zero attached hydrogens (tertiary/aromatic N) is 5. The van der Waals surface area contributed by atoms with Gasteiger partial charge in [-0.1, -0.05) is 18.5 Å². The summed E-state index contributed by atoms with van der Waals surface area (Å²) in [4.78, 5) is 17.1. The van der Waals surface area contributed by atoms with E-state index < -0.39 is 15.9 Å². The van der Waals surface area contributed by atoms with E-state index in [1.54, 1.807) is 30.1 Å². The first-order chi connectivity index (χ1) is 19.3. The van der Waals surface area contributed by atoms with E-state index in [-0.39, 0.29) is 21.3 Å². The predicted octanol–water partition coefficient (Wildman–Crippen LogP) is 4.28. The quantitative estimate of drug-likeness (QED) is 0.293. The summed E-state index contributed by atoms with van der Waals surface area (Å²) in [5, 5.41) is 11.8. The molecule has 1 unspecified atom stereocenters. The minimum atomic E-state index is -4.23. The lowest BCUT2D eigenvalue weighted by molar-refractivity contribution is 0.0981. The Balaban J connectivity index is 1.18. The number of pyridine rings is 1. The van der Waals surface area contributed by atoms with Crippen LogP contribution in [0.5, 0.6) is 5.88 Å². The zero-order valence-corrected chi connectivity index (χ0v) is 25.6. The highest BCUT2D eigenvalue weighted by molar-refractivity contribution is 7.90. The van der Waals surface area contributed by atoms with E-state index in [2.05, 4.69) is 46.0 Å². The summed E-state index contributed by atoms with van der Waals surface area (Å²) in [5.41, 5.74) is 0.933. The first-order valence-corrected chi connectivity index (χ1v) is 15.9. The molecular weight excluding hydrogens is 566 g/mol. The maximum atomic E-state index is 13.1. The van der Waals surface area contributed by atoms with Gasteiger partial charge in [0.1, 0.15) is 5.15 Å². The number of carbonyl (C=O) groups is 1. The summed E-state index contributed by atoms with van der Waals surface area (Å²) >= 11 is 6.30. The number of carbonyl (C=O) groups excluding carboxylic acids is 1. The summed E-state index contributed by atoms with van der Waals surface area (Å²) < 4.78 is 37.0. The average molecular weight is 604 g/mol. The molecule has 1 atom stereocenters. The van der Waals surface area contributed by atoms with E-state index in [4.69, 9.17) is 16.3 Å². The Morgan fingerprint density at radius 3 is 2.68 bits per heavy atom. The number of sulfonamides is 1. The number of rotatable bonds is 12. The van der Waals surface area contributed by atoms with Gasteiger partial charge < -0.3 is 10.1 Å². The molecule has 11 nitrogen and oxygen atoms in total. The molecule has 0 aromatic carbocycles. The van der Waals surface area contributed by atoms with Crippen molar-refractivity contribution in [1.82, 2.24) is 34.6 Å². The van der Waals surface area contributed by atoms with Crippen LogP contribution in [0.3, 0.4) is 0 Å². The van der Waals surface area contributed by atoms with Crippen LogP contribution in [-0.4, -0.2) is 57.6 Å². The van der Waals surface area contributed by atoms with Crippen LogP contribution >= 0.6 is 11.6 Å². The standard InChI is InChI=1S/C28H38ClN7O4S/c1-19-18-35(13-5-6-20-16-27(2,3)30-17-20)33-26(19)41(38,39)34-25(37)21-7-8-22(31-24(21)29)36-14-9-23(32-36)40-15-12-28(4)10-11-28/h7-9,14,18,20,30H,5-6,10-13,15-17H2,1-4H3,(H,34,37). The van der Waals surface area contributed by atoms with Crippen molar-refractivity contribution in [3.05, 3.63) is 46.9 Å². The fourth-order valence-corrected chi connectivity index (χ4v) is 6.62. The molecular formula is C28H38ClN7O4S. The third kappa shape index (κ3) is 7.28. The summed E-state index contributed by atoms with van der Waals surface area (Å²) in [6.45, 7) is 10.5. The first kappa shape index (κ1) is 29.5. The number of aryl methyl sites for hydroxylation is 2. The fourth-order valence-electron chi connectivity index (χ4n) is 5.24. The monoisotopic (exact) mass is 603 g/mol. The molecule has 1 saturated heterocycles. The van der Waals surface area contributed by atoms with Crippen LogP contribution in [0, 0.1) is 18.3 Å². The lowest BCUT2D eigenvalue weighted by atomic mass is 9.94. The zero-order valence-electron chi connectivity index (χ0n) is 24.0. The molecule has 1 saturated carbocycles. The van der Waals surface area contributed by atoms with Crippen molar-refractivity contribution in [1.29, 1.82) is 0 Å². The van der Waals surface area contributed by atoms with Gasteiger partial charge in [0.2, 0.25) is 5.88 Å². The highest BCUT2D eigenvalue weighted by atomic mass is 35.5. The molecule has 0 radical (unpaired) electrons. The van der Waals surface area contributed by atoms with Crippen molar-refractivity contribution in [2.24, 2.45) is 11.3 Å². The molecule has 2 fully saturated rings. The Bertz CT molecular complexity index is 1530. The highest BCUT2D eigenvalue weighted by Crippen LogP contribution is 2.47. The molecule has 2 N–H and O–H groups in total. The number of hydrogen-bond acceptors (Lipinski definition) is 8. The molecule has 41 heavy (non-hydrogen) atoms. The first-order valence-electron chi connectivity index (χ1n) is 14.0. The van der Waals surface area contributed by atoms with Crippen LogP contribution in [0.1, 0.15) is 75.2 Å². The van der Waals surface area contributed by atoms with Crippen molar-refractivity contribution in [3.8, 4) is 11.7 Å². The van der Waals surface area contributed by atoms with Gasteiger partial charge in [-0.3, -0.25) is 9.48 Å². The lowest BCUT2D eigenvalue weighted by Gasteiger charge is -2.17. The van der Waals surface area contributed by atoms with E-state index in [0.717, 1.165) is 32.2 Å². The van der Waals surface area contributed by atoms with Crippen LogP contribution < -0.4 is 14.8 Å². The van der Waals surface area contributed by atoms with Gasteiger partial charge in [0.15, 0.2) is 10.8 Å². The molecule has 2 aliphatic rings. The van der Waals surface area contributed by atoms with Gasteiger partial charge in [-0.25, -0.2) is 14.4 Å². The molecule has 13 heteroatoms. The lowest BCUT2D eigenvalue weighted by Crippen LogP contribution is -2.31. The van der Waals surface area contributed by atoms with Crippen molar-refractivity contribution >= 4 is 27.5 Å². The van der Waals surface area contributed by atoms with E-state index >= 15 is 0 Å². The second kappa shape index (κ2) is 11.4. The smallest absolute Gasteiger partial charge is 0.283 e. The van der Waals surface area contributed by atoms with Crippen molar-refractivity contribution in [3.63, 3.8) is 0 Å². The second-order valence-corrected chi connectivity index (χ2v) is 14.3. The van der Waals surface area contributed by atoms with Crippen LogP contribution in [0.15, 0.2) is 35.6 Å². The number of aromatic nitrogens is 5. The van der Waals surface area contributed by atoms with Gasteiger partial charge in [-0.2, -0.15) is 13.5 Å². The van der Waals surface area contributed by atoms with Crippen LogP contribution in [0.25, 0.3) is 5.82 Å². The van der Waals surface area contributed by atoms with Gasteiger partial charge in [-0.15, -0.1) is 5.10 Å². The SMILES string of the molecule is Cc1cn(CCCC2CNC(C)(C)C2)nc1S(=O)(=O)NC(=O)c1ccc(-n2ccc(OCCC3(C)CC3)n2)nc1Cl. The molecule has 4 heterocycles. The Kier molecular flexibility index (Phi) is 8.19. The Hall–Kier alpha value is -2.96. The van der Waals surface area contributed by atoms with E-state index in [1.165, 1.54) is 29.7 Å². The number of halogens is 1. The minimum absolute atomic E-state index is 0.0783. The van der Waals surface area contributed by atoms with E-state index in [0.29, 0.717) is 41.7 Å². The molecule has 0 bridgehead atoms. The van der Waals surface area contributed by atoms with E-state index in [9.17, 15) is 13.2 Å². The number of hydrogen-bond donors (Lipinski definition) is 2. The largest absolute Gasteiger partial charge is 0.477 e. The number of ether oxygens (including phenoxy) is 1. The van der Waals surface area contributed by atoms with Gasteiger partial charge in [0, 0.05) is 36.1 Å². The molecule has 1 aliphatic heterocycles. The van der Waals surface area contributed by atoms with Crippen molar-refractivity contribution in [2.45, 2.75) is 83.3 Å². The molecule has 5 rings (SSSR count).